The van der Waals surface area contributed by atoms with Gasteiger partial charge < -0.3 is 0 Å². The SMILES string of the molecule is Brc1cccc2nc(CN3CCCC3)nn12. The Balaban J connectivity index is 1.90. The first kappa shape index (κ1) is 10.2. The predicted octanol–water partition coefficient (Wildman–Crippen LogP) is 2.09. The zero-order valence-corrected chi connectivity index (χ0v) is 10.5. The first-order valence-corrected chi connectivity index (χ1v) is 6.35. The van der Waals surface area contributed by atoms with Crippen molar-refractivity contribution < 1.29 is 0 Å². The molecule has 1 aliphatic heterocycles. The molecule has 5 heteroatoms. The van der Waals surface area contributed by atoms with Crippen molar-refractivity contribution >= 4 is 21.6 Å². The third-order valence-electron chi connectivity index (χ3n) is 2.92. The maximum atomic E-state index is 4.52. The van der Waals surface area contributed by atoms with E-state index in [1.165, 1.54) is 25.9 Å². The number of likely N-dealkylation sites (tertiary alicyclic amines) is 1. The van der Waals surface area contributed by atoms with Crippen LogP contribution in [0, 0.1) is 0 Å². The molecule has 1 aliphatic rings. The van der Waals surface area contributed by atoms with Gasteiger partial charge in [-0.1, -0.05) is 6.07 Å². The monoisotopic (exact) mass is 280 g/mol. The topological polar surface area (TPSA) is 33.4 Å². The Morgan fingerprint density at radius 3 is 2.81 bits per heavy atom. The summed E-state index contributed by atoms with van der Waals surface area (Å²) in [6.45, 7) is 3.22. The van der Waals surface area contributed by atoms with E-state index in [0.717, 1.165) is 22.6 Å². The summed E-state index contributed by atoms with van der Waals surface area (Å²) in [6, 6.07) is 5.93. The summed E-state index contributed by atoms with van der Waals surface area (Å²) in [5.41, 5.74) is 0.906. The summed E-state index contributed by atoms with van der Waals surface area (Å²) >= 11 is 3.47. The third kappa shape index (κ3) is 1.85. The van der Waals surface area contributed by atoms with Crippen molar-refractivity contribution in [3.63, 3.8) is 0 Å². The standard InChI is InChI=1S/C11H13BrN4/c12-9-4-3-5-11-13-10(14-16(9)11)8-15-6-1-2-7-15/h3-5H,1-2,6-8H2. The van der Waals surface area contributed by atoms with Crippen LogP contribution in [-0.4, -0.2) is 32.6 Å². The molecule has 2 aromatic heterocycles. The molecule has 2 aromatic rings. The molecule has 0 saturated carbocycles. The van der Waals surface area contributed by atoms with E-state index in [1.54, 1.807) is 0 Å². The highest BCUT2D eigenvalue weighted by Crippen LogP contribution is 2.14. The molecule has 0 aliphatic carbocycles. The maximum absolute atomic E-state index is 4.52. The average Bonchev–Trinajstić information content (AvgIpc) is 2.88. The fourth-order valence-electron chi connectivity index (χ4n) is 2.13. The Kier molecular flexibility index (Phi) is 2.65. The van der Waals surface area contributed by atoms with Crippen molar-refractivity contribution in [1.29, 1.82) is 0 Å². The Bertz CT molecular complexity index is 502. The molecule has 0 aromatic carbocycles. The van der Waals surface area contributed by atoms with E-state index in [2.05, 4.69) is 30.9 Å². The second kappa shape index (κ2) is 4.14. The number of hydrogen-bond donors (Lipinski definition) is 0. The van der Waals surface area contributed by atoms with Gasteiger partial charge in [0.25, 0.3) is 0 Å². The zero-order chi connectivity index (χ0) is 11.0. The molecule has 0 spiro atoms. The molecule has 84 valence electrons. The van der Waals surface area contributed by atoms with E-state index >= 15 is 0 Å². The first-order valence-electron chi connectivity index (χ1n) is 5.55. The Morgan fingerprint density at radius 1 is 1.25 bits per heavy atom. The number of nitrogens with zero attached hydrogens (tertiary/aromatic N) is 4. The van der Waals surface area contributed by atoms with Crippen LogP contribution in [0.15, 0.2) is 22.8 Å². The van der Waals surface area contributed by atoms with Gasteiger partial charge in [-0.05, 0) is 54.0 Å². The van der Waals surface area contributed by atoms with Crippen LogP contribution in [0.5, 0.6) is 0 Å². The Hall–Kier alpha value is -0.940. The van der Waals surface area contributed by atoms with Gasteiger partial charge in [-0.15, -0.1) is 5.10 Å². The highest BCUT2D eigenvalue weighted by atomic mass is 79.9. The van der Waals surface area contributed by atoms with Crippen LogP contribution in [0.4, 0.5) is 0 Å². The zero-order valence-electron chi connectivity index (χ0n) is 8.93. The van der Waals surface area contributed by atoms with Crippen molar-refractivity contribution in [2.45, 2.75) is 19.4 Å². The van der Waals surface area contributed by atoms with E-state index in [1.807, 2.05) is 22.7 Å². The van der Waals surface area contributed by atoms with Crippen molar-refractivity contribution in [2.24, 2.45) is 0 Å². The van der Waals surface area contributed by atoms with Gasteiger partial charge in [0.05, 0.1) is 6.54 Å². The summed E-state index contributed by atoms with van der Waals surface area (Å²) in [7, 11) is 0. The number of hydrogen-bond acceptors (Lipinski definition) is 3. The van der Waals surface area contributed by atoms with Gasteiger partial charge in [-0.2, -0.15) is 0 Å². The molecule has 1 saturated heterocycles. The van der Waals surface area contributed by atoms with Crippen molar-refractivity contribution in [1.82, 2.24) is 19.5 Å². The second-order valence-electron chi connectivity index (χ2n) is 4.13. The average molecular weight is 281 g/mol. The molecule has 1 fully saturated rings. The van der Waals surface area contributed by atoms with Crippen LogP contribution in [0.25, 0.3) is 5.65 Å². The van der Waals surface area contributed by atoms with Gasteiger partial charge in [0, 0.05) is 0 Å². The van der Waals surface area contributed by atoms with E-state index in [0.29, 0.717) is 0 Å². The van der Waals surface area contributed by atoms with Crippen molar-refractivity contribution in [2.75, 3.05) is 13.1 Å². The molecule has 3 heterocycles. The molecule has 0 N–H and O–H groups in total. The normalized spacial score (nSPS) is 17.3. The minimum Gasteiger partial charge on any atom is -0.296 e. The number of rotatable bonds is 2. The lowest BCUT2D eigenvalue weighted by atomic mass is 10.4. The molecule has 0 atom stereocenters. The van der Waals surface area contributed by atoms with Gasteiger partial charge in [-0.25, -0.2) is 9.50 Å². The smallest absolute Gasteiger partial charge is 0.165 e. The summed E-state index contributed by atoms with van der Waals surface area (Å²) in [5, 5.41) is 4.49. The highest BCUT2D eigenvalue weighted by Gasteiger charge is 2.14. The Labute approximate surface area is 102 Å². The lowest BCUT2D eigenvalue weighted by molar-refractivity contribution is 0.322. The van der Waals surface area contributed by atoms with Crippen molar-refractivity contribution in [3.8, 4) is 0 Å². The fourth-order valence-corrected chi connectivity index (χ4v) is 2.54. The number of fused-ring (bicyclic) bond motifs is 1. The summed E-state index contributed by atoms with van der Waals surface area (Å²) in [4.78, 5) is 6.92. The summed E-state index contributed by atoms with van der Waals surface area (Å²) < 4.78 is 2.79. The van der Waals surface area contributed by atoms with E-state index < -0.39 is 0 Å². The van der Waals surface area contributed by atoms with Crippen LogP contribution >= 0.6 is 15.9 Å². The van der Waals surface area contributed by atoms with Gasteiger partial charge in [0.2, 0.25) is 0 Å². The van der Waals surface area contributed by atoms with Crippen LogP contribution in [-0.2, 0) is 6.54 Å². The van der Waals surface area contributed by atoms with Gasteiger partial charge in [-0.3, -0.25) is 4.90 Å². The van der Waals surface area contributed by atoms with Gasteiger partial charge in [0.15, 0.2) is 11.5 Å². The van der Waals surface area contributed by atoms with E-state index in [4.69, 9.17) is 0 Å². The lowest BCUT2D eigenvalue weighted by Crippen LogP contribution is -2.19. The Morgan fingerprint density at radius 2 is 2.06 bits per heavy atom. The molecule has 16 heavy (non-hydrogen) atoms. The molecular formula is C11H13BrN4. The molecule has 0 amide bonds. The largest absolute Gasteiger partial charge is 0.296 e. The van der Waals surface area contributed by atoms with Crippen LogP contribution < -0.4 is 0 Å². The molecule has 3 rings (SSSR count). The minimum atomic E-state index is 0.869. The van der Waals surface area contributed by atoms with Crippen molar-refractivity contribution in [3.05, 3.63) is 28.6 Å². The van der Waals surface area contributed by atoms with Gasteiger partial charge in [0.1, 0.15) is 4.60 Å². The molecule has 0 bridgehead atoms. The quantitative estimate of drug-likeness (QED) is 0.790. The number of pyridine rings is 1. The van der Waals surface area contributed by atoms with Gasteiger partial charge >= 0.3 is 0 Å². The second-order valence-corrected chi connectivity index (χ2v) is 4.94. The molecule has 0 radical (unpaired) electrons. The maximum Gasteiger partial charge on any atom is 0.165 e. The molecule has 4 nitrogen and oxygen atoms in total. The number of halogens is 1. The lowest BCUT2D eigenvalue weighted by Gasteiger charge is -2.10. The fraction of sp³-hybridized carbons (Fsp3) is 0.455. The highest BCUT2D eigenvalue weighted by molar-refractivity contribution is 9.10. The molecular weight excluding hydrogens is 268 g/mol. The first-order chi connectivity index (χ1) is 7.83. The van der Waals surface area contributed by atoms with Crippen LogP contribution in [0.1, 0.15) is 18.7 Å². The predicted molar refractivity (Wildman–Crippen MR) is 65.2 cm³/mol. The number of aromatic nitrogens is 3. The summed E-state index contributed by atoms with van der Waals surface area (Å²) in [6.07, 6.45) is 2.61. The van der Waals surface area contributed by atoms with E-state index in [9.17, 15) is 0 Å². The molecule has 0 unspecified atom stereocenters. The van der Waals surface area contributed by atoms with Crippen LogP contribution in [0.3, 0.4) is 0 Å². The summed E-state index contributed by atoms with van der Waals surface area (Å²) in [5.74, 6) is 0.911. The van der Waals surface area contributed by atoms with E-state index in [-0.39, 0.29) is 0 Å². The van der Waals surface area contributed by atoms with Crippen LogP contribution in [0.2, 0.25) is 0 Å². The minimum absolute atomic E-state index is 0.869. The third-order valence-corrected chi connectivity index (χ3v) is 3.52.